The van der Waals surface area contributed by atoms with E-state index in [-0.39, 0.29) is 11.3 Å². The Morgan fingerprint density at radius 3 is 2.54 bits per heavy atom. The minimum atomic E-state index is -1.23. The minimum absolute atomic E-state index is 0.113. The molecular weight excluding hydrogens is 328 g/mol. The number of carboxylic acids is 1. The summed E-state index contributed by atoms with van der Waals surface area (Å²) in [5, 5.41) is 29.5. The monoisotopic (exact) mass is 340 g/mol. The molecule has 120 valence electrons. The molecule has 0 aliphatic rings. The van der Waals surface area contributed by atoms with Crippen LogP contribution in [0.2, 0.25) is 5.02 Å². The fourth-order valence-electron chi connectivity index (χ4n) is 2.33. The van der Waals surface area contributed by atoms with Crippen molar-refractivity contribution < 1.29 is 15.0 Å². The lowest BCUT2D eigenvalue weighted by Crippen LogP contribution is -1.97. The molecule has 0 aliphatic carbocycles. The molecule has 0 saturated carbocycles. The topological polar surface area (TPSA) is 82.2 Å². The van der Waals surface area contributed by atoms with Crippen LogP contribution in [-0.4, -0.2) is 16.2 Å². The molecule has 0 unspecified atom stereocenters. The maximum atomic E-state index is 11.3. The lowest BCUT2D eigenvalue weighted by molar-refractivity contribution is 0.0694. The first-order valence-corrected chi connectivity index (χ1v) is 7.51. The van der Waals surface area contributed by atoms with Crippen LogP contribution in [0.15, 0.2) is 58.8 Å². The number of aryl methyl sites for hydroxylation is 1. The van der Waals surface area contributed by atoms with E-state index in [1.807, 2.05) is 13.0 Å². The van der Waals surface area contributed by atoms with Crippen molar-refractivity contribution in [2.75, 3.05) is 0 Å². The lowest BCUT2D eigenvalue weighted by Gasteiger charge is -2.07. The second-order valence-electron chi connectivity index (χ2n) is 5.28. The van der Waals surface area contributed by atoms with Crippen LogP contribution in [-0.2, 0) is 0 Å². The minimum Gasteiger partial charge on any atom is -0.505 e. The summed E-state index contributed by atoms with van der Waals surface area (Å²) in [6.45, 7) is 1.87. The van der Waals surface area contributed by atoms with Gasteiger partial charge in [-0.05, 0) is 36.1 Å². The van der Waals surface area contributed by atoms with Gasteiger partial charge in [0.25, 0.3) is 0 Å². The number of nitrogens with zero attached hydrogens (tertiary/aromatic N) is 2. The number of hydrogen-bond donors (Lipinski definition) is 2. The molecular formula is C18H13ClN2O3. The third-order valence-corrected chi connectivity index (χ3v) is 4.05. The van der Waals surface area contributed by atoms with E-state index in [1.165, 1.54) is 6.07 Å². The Morgan fingerprint density at radius 2 is 1.83 bits per heavy atom. The average molecular weight is 341 g/mol. The zero-order valence-electron chi connectivity index (χ0n) is 12.7. The Hall–Kier alpha value is -2.92. The molecule has 0 aliphatic heterocycles. The van der Waals surface area contributed by atoms with Gasteiger partial charge in [0, 0.05) is 10.4 Å². The van der Waals surface area contributed by atoms with Crippen molar-refractivity contribution in [1.29, 1.82) is 0 Å². The molecule has 5 nitrogen and oxygen atoms in total. The average Bonchev–Trinajstić information content (AvgIpc) is 2.56. The Balaban J connectivity index is 2.17. The number of phenols is 1. The second-order valence-corrected chi connectivity index (χ2v) is 5.69. The standard InChI is InChI=1S/C18H13ClN2O3/c1-10-6-7-12(9-15(10)19)20-21-16-13-5-3-2-4-11(13)8-14(17(16)22)18(23)24/h2-9,22H,1H3,(H,23,24). The molecule has 0 heterocycles. The van der Waals surface area contributed by atoms with Crippen LogP contribution in [0.5, 0.6) is 5.75 Å². The number of aromatic hydroxyl groups is 1. The molecule has 0 amide bonds. The Kier molecular flexibility index (Phi) is 4.18. The van der Waals surface area contributed by atoms with Crippen LogP contribution in [0.4, 0.5) is 11.4 Å². The van der Waals surface area contributed by atoms with Crippen molar-refractivity contribution in [2.45, 2.75) is 6.92 Å². The van der Waals surface area contributed by atoms with E-state index in [2.05, 4.69) is 10.2 Å². The highest BCUT2D eigenvalue weighted by molar-refractivity contribution is 6.31. The zero-order valence-corrected chi connectivity index (χ0v) is 13.4. The summed E-state index contributed by atoms with van der Waals surface area (Å²) in [5.74, 6) is -1.64. The largest absolute Gasteiger partial charge is 0.505 e. The number of rotatable bonds is 3. The number of halogens is 1. The van der Waals surface area contributed by atoms with E-state index in [0.717, 1.165) is 5.56 Å². The number of hydrogen-bond acceptors (Lipinski definition) is 4. The summed E-state index contributed by atoms with van der Waals surface area (Å²) in [5.41, 5.74) is 1.32. The SMILES string of the molecule is Cc1ccc(N=Nc2c(O)c(C(=O)O)cc3ccccc23)cc1Cl. The van der Waals surface area contributed by atoms with Gasteiger partial charge in [0.1, 0.15) is 11.3 Å². The van der Waals surface area contributed by atoms with Gasteiger partial charge in [0.2, 0.25) is 0 Å². The first kappa shape index (κ1) is 16.0. The van der Waals surface area contributed by atoms with Gasteiger partial charge in [-0.2, -0.15) is 5.11 Å². The number of carboxylic acid groups (broad SMARTS) is 1. The summed E-state index contributed by atoms with van der Waals surface area (Å²) in [6, 6.07) is 13.7. The van der Waals surface area contributed by atoms with Gasteiger partial charge < -0.3 is 10.2 Å². The number of benzene rings is 3. The van der Waals surface area contributed by atoms with Crippen LogP contribution in [0, 0.1) is 6.92 Å². The molecule has 0 bridgehead atoms. The fourth-order valence-corrected chi connectivity index (χ4v) is 2.51. The molecule has 0 radical (unpaired) electrons. The van der Waals surface area contributed by atoms with Crippen LogP contribution in [0.3, 0.4) is 0 Å². The first-order valence-electron chi connectivity index (χ1n) is 7.13. The van der Waals surface area contributed by atoms with Crippen LogP contribution >= 0.6 is 11.6 Å². The highest BCUT2D eigenvalue weighted by Crippen LogP contribution is 2.39. The first-order chi connectivity index (χ1) is 11.5. The summed E-state index contributed by atoms with van der Waals surface area (Å²) < 4.78 is 0. The predicted molar refractivity (Wildman–Crippen MR) is 92.9 cm³/mol. The van der Waals surface area contributed by atoms with Gasteiger partial charge >= 0.3 is 5.97 Å². The van der Waals surface area contributed by atoms with E-state index in [9.17, 15) is 15.0 Å². The van der Waals surface area contributed by atoms with Gasteiger partial charge in [-0.15, -0.1) is 5.11 Å². The maximum Gasteiger partial charge on any atom is 0.339 e. The summed E-state index contributed by atoms with van der Waals surface area (Å²) in [7, 11) is 0. The van der Waals surface area contributed by atoms with E-state index in [4.69, 9.17) is 11.6 Å². The van der Waals surface area contributed by atoms with Crippen molar-refractivity contribution in [3.8, 4) is 5.75 Å². The number of fused-ring (bicyclic) bond motifs is 1. The van der Waals surface area contributed by atoms with E-state index < -0.39 is 11.7 Å². The van der Waals surface area contributed by atoms with Crippen LogP contribution in [0.1, 0.15) is 15.9 Å². The van der Waals surface area contributed by atoms with E-state index in [0.29, 0.717) is 21.5 Å². The molecule has 0 fully saturated rings. The Bertz CT molecular complexity index is 983. The highest BCUT2D eigenvalue weighted by atomic mass is 35.5. The molecule has 0 atom stereocenters. The normalized spacial score (nSPS) is 11.2. The third kappa shape index (κ3) is 2.94. The summed E-state index contributed by atoms with van der Waals surface area (Å²) in [6.07, 6.45) is 0. The number of aromatic carboxylic acids is 1. The van der Waals surface area contributed by atoms with Crippen LogP contribution in [0.25, 0.3) is 10.8 Å². The van der Waals surface area contributed by atoms with Crippen molar-refractivity contribution in [2.24, 2.45) is 10.2 Å². The quantitative estimate of drug-likeness (QED) is 0.607. The molecule has 2 N–H and O–H groups in total. The Labute approximate surface area is 142 Å². The second kappa shape index (κ2) is 6.29. The third-order valence-electron chi connectivity index (χ3n) is 3.65. The summed E-state index contributed by atoms with van der Waals surface area (Å²) >= 11 is 6.06. The van der Waals surface area contributed by atoms with Crippen molar-refractivity contribution in [3.63, 3.8) is 0 Å². The van der Waals surface area contributed by atoms with Gasteiger partial charge in [-0.1, -0.05) is 41.9 Å². The molecule has 0 saturated heterocycles. The van der Waals surface area contributed by atoms with Crippen molar-refractivity contribution in [1.82, 2.24) is 0 Å². The Morgan fingerprint density at radius 1 is 1.08 bits per heavy atom. The molecule has 24 heavy (non-hydrogen) atoms. The molecule has 6 heteroatoms. The predicted octanol–water partition coefficient (Wildman–Crippen LogP) is 5.62. The number of azo groups is 1. The fraction of sp³-hybridized carbons (Fsp3) is 0.0556. The molecule has 3 rings (SSSR count). The zero-order chi connectivity index (χ0) is 17.3. The van der Waals surface area contributed by atoms with E-state index >= 15 is 0 Å². The van der Waals surface area contributed by atoms with Gasteiger partial charge in [-0.25, -0.2) is 4.79 Å². The molecule has 3 aromatic rings. The summed E-state index contributed by atoms with van der Waals surface area (Å²) in [4.78, 5) is 11.3. The van der Waals surface area contributed by atoms with E-state index in [1.54, 1.807) is 36.4 Å². The number of carbonyl (C=O) groups is 1. The van der Waals surface area contributed by atoms with Gasteiger partial charge in [-0.3, -0.25) is 0 Å². The molecule has 3 aromatic carbocycles. The highest BCUT2D eigenvalue weighted by Gasteiger charge is 2.17. The van der Waals surface area contributed by atoms with Gasteiger partial charge in [0.15, 0.2) is 5.75 Å². The lowest BCUT2D eigenvalue weighted by atomic mass is 10.0. The van der Waals surface area contributed by atoms with Gasteiger partial charge in [0.05, 0.1) is 5.69 Å². The maximum absolute atomic E-state index is 11.3. The van der Waals surface area contributed by atoms with Crippen molar-refractivity contribution in [3.05, 3.63) is 64.7 Å². The van der Waals surface area contributed by atoms with Crippen LogP contribution < -0.4 is 0 Å². The smallest absolute Gasteiger partial charge is 0.339 e. The molecule has 0 spiro atoms. The molecule has 0 aromatic heterocycles. The van der Waals surface area contributed by atoms with Crippen molar-refractivity contribution >= 4 is 39.7 Å².